The van der Waals surface area contributed by atoms with Crippen LogP contribution < -0.4 is 9.64 Å². The Morgan fingerprint density at radius 1 is 1.12 bits per heavy atom. The molecule has 0 radical (unpaired) electrons. The first-order valence-electron chi connectivity index (χ1n) is 8.00. The van der Waals surface area contributed by atoms with Crippen molar-refractivity contribution in [3.8, 4) is 5.75 Å². The highest BCUT2D eigenvalue weighted by atomic mass is 32.2. The molecule has 7 heteroatoms. The summed E-state index contributed by atoms with van der Waals surface area (Å²) in [6.07, 6.45) is 0. The van der Waals surface area contributed by atoms with Gasteiger partial charge >= 0.3 is 0 Å². The number of nitrogens with zero attached hydrogens (tertiary/aromatic N) is 2. The Labute approximate surface area is 166 Å². The summed E-state index contributed by atoms with van der Waals surface area (Å²) in [5.74, 6) is 0.770. The van der Waals surface area contributed by atoms with Crippen molar-refractivity contribution in [2.45, 2.75) is 11.4 Å². The lowest BCUT2D eigenvalue weighted by atomic mass is 10.2. The second-order valence-electron chi connectivity index (χ2n) is 5.87. The highest BCUT2D eigenvalue weighted by molar-refractivity contribution is 8.27. The van der Waals surface area contributed by atoms with Crippen LogP contribution in [0, 0.1) is 0 Å². The molecule has 0 aliphatic carbocycles. The number of ether oxygens (including phenoxy) is 1. The van der Waals surface area contributed by atoms with Crippen LogP contribution in [0.25, 0.3) is 0 Å². The monoisotopic (exact) mass is 400 g/mol. The number of benzene rings is 2. The normalized spacial score (nSPS) is 19.3. The minimum Gasteiger partial charge on any atom is -0.497 e. The fourth-order valence-electron chi connectivity index (χ4n) is 2.88. The van der Waals surface area contributed by atoms with E-state index in [2.05, 4.69) is 0 Å². The maximum absolute atomic E-state index is 13.0. The Morgan fingerprint density at radius 3 is 2.62 bits per heavy atom. The van der Waals surface area contributed by atoms with E-state index >= 15 is 0 Å². The van der Waals surface area contributed by atoms with Gasteiger partial charge in [0.15, 0.2) is 0 Å². The smallest absolute Gasteiger partial charge is 0.269 e. The molecule has 2 heterocycles. The maximum atomic E-state index is 13.0. The van der Waals surface area contributed by atoms with Gasteiger partial charge in [-0.05, 0) is 17.7 Å². The standard InChI is InChI=1S/C19H16N2O2S3/c1-20-14-10-13(23-2)8-9-15(14)25-18(20)16-17(22)21(19(24)26-16)11-12-6-4-3-5-7-12/h3-10H,11H2,1-2H3. The molecular formula is C19H16N2O2S3. The first-order valence-corrected chi connectivity index (χ1v) is 10.0. The Bertz CT molecular complexity index is 928. The molecule has 0 unspecified atom stereocenters. The van der Waals surface area contributed by atoms with Gasteiger partial charge in [-0.1, -0.05) is 66.1 Å². The summed E-state index contributed by atoms with van der Waals surface area (Å²) in [6, 6.07) is 15.8. The van der Waals surface area contributed by atoms with Crippen LogP contribution in [0.4, 0.5) is 5.69 Å². The molecule has 0 aromatic heterocycles. The van der Waals surface area contributed by atoms with Crippen molar-refractivity contribution in [1.29, 1.82) is 0 Å². The minimum absolute atomic E-state index is 0.0297. The van der Waals surface area contributed by atoms with Crippen molar-refractivity contribution in [1.82, 2.24) is 4.90 Å². The second-order valence-corrected chi connectivity index (χ2v) is 8.55. The third-order valence-electron chi connectivity index (χ3n) is 4.27. The number of hydrogen-bond acceptors (Lipinski definition) is 6. The number of amides is 1. The van der Waals surface area contributed by atoms with Gasteiger partial charge in [-0.15, -0.1) is 0 Å². The predicted octanol–water partition coefficient (Wildman–Crippen LogP) is 4.47. The molecule has 4 rings (SSSR count). The van der Waals surface area contributed by atoms with E-state index in [-0.39, 0.29) is 5.91 Å². The quantitative estimate of drug-likeness (QED) is 0.559. The number of anilines is 1. The first kappa shape index (κ1) is 17.5. The number of thiocarbonyl (C=S) groups is 1. The lowest BCUT2D eigenvalue weighted by Gasteiger charge is -2.16. The maximum Gasteiger partial charge on any atom is 0.269 e. The molecule has 0 bridgehead atoms. The molecule has 1 fully saturated rings. The molecule has 0 atom stereocenters. The van der Waals surface area contributed by atoms with E-state index in [0.717, 1.165) is 26.9 Å². The molecule has 0 saturated carbocycles. The highest BCUT2D eigenvalue weighted by Gasteiger charge is 2.38. The largest absolute Gasteiger partial charge is 0.497 e. The van der Waals surface area contributed by atoms with Crippen LogP contribution in [0.2, 0.25) is 0 Å². The SMILES string of the molecule is COc1ccc2c(c1)N(C)C(=C1SC(=S)N(Cc3ccccc3)C1=O)S2. The Kier molecular flexibility index (Phi) is 4.69. The molecule has 1 saturated heterocycles. The number of carbonyl (C=O) groups excluding carboxylic acids is 1. The molecule has 4 nitrogen and oxygen atoms in total. The van der Waals surface area contributed by atoms with Gasteiger partial charge in [0, 0.05) is 18.0 Å². The third kappa shape index (κ3) is 3.00. The van der Waals surface area contributed by atoms with Crippen LogP contribution in [-0.4, -0.2) is 29.3 Å². The fraction of sp³-hybridized carbons (Fsp3) is 0.158. The van der Waals surface area contributed by atoms with E-state index in [4.69, 9.17) is 17.0 Å². The van der Waals surface area contributed by atoms with Gasteiger partial charge in [-0.2, -0.15) is 0 Å². The summed E-state index contributed by atoms with van der Waals surface area (Å²) in [7, 11) is 3.62. The molecule has 0 spiro atoms. The summed E-state index contributed by atoms with van der Waals surface area (Å²) in [4.78, 5) is 18.5. The molecule has 1 amide bonds. The Morgan fingerprint density at radius 2 is 1.88 bits per heavy atom. The van der Waals surface area contributed by atoms with Crippen molar-refractivity contribution < 1.29 is 9.53 Å². The second kappa shape index (κ2) is 6.98. The van der Waals surface area contributed by atoms with Crippen LogP contribution in [0.3, 0.4) is 0 Å². The fourth-order valence-corrected chi connectivity index (χ4v) is 5.44. The zero-order chi connectivity index (χ0) is 18.3. The van der Waals surface area contributed by atoms with Crippen LogP contribution in [0.15, 0.2) is 63.4 Å². The summed E-state index contributed by atoms with van der Waals surface area (Å²) >= 11 is 8.45. The van der Waals surface area contributed by atoms with Crippen molar-refractivity contribution in [2.75, 3.05) is 19.1 Å². The summed E-state index contributed by atoms with van der Waals surface area (Å²) < 4.78 is 5.92. The number of rotatable bonds is 3. The van der Waals surface area contributed by atoms with E-state index in [1.165, 1.54) is 11.8 Å². The number of fused-ring (bicyclic) bond motifs is 1. The van der Waals surface area contributed by atoms with Crippen LogP contribution in [0.1, 0.15) is 5.56 Å². The predicted molar refractivity (Wildman–Crippen MR) is 111 cm³/mol. The number of thioether (sulfide) groups is 2. The molecule has 2 aliphatic rings. The van der Waals surface area contributed by atoms with E-state index in [1.54, 1.807) is 23.8 Å². The first-order chi connectivity index (χ1) is 12.6. The topological polar surface area (TPSA) is 32.8 Å². The van der Waals surface area contributed by atoms with Crippen molar-refractivity contribution in [3.63, 3.8) is 0 Å². The molecule has 2 aromatic carbocycles. The number of methoxy groups -OCH3 is 1. The highest BCUT2D eigenvalue weighted by Crippen LogP contribution is 2.50. The minimum atomic E-state index is -0.0297. The van der Waals surface area contributed by atoms with Crippen LogP contribution in [0.5, 0.6) is 5.75 Å². The van der Waals surface area contributed by atoms with Crippen LogP contribution >= 0.6 is 35.7 Å². The average Bonchev–Trinajstić information content (AvgIpc) is 3.13. The van der Waals surface area contributed by atoms with Crippen molar-refractivity contribution in [2.24, 2.45) is 0 Å². The number of carbonyl (C=O) groups is 1. The molecule has 2 aliphatic heterocycles. The van der Waals surface area contributed by atoms with Gasteiger partial charge in [0.25, 0.3) is 5.91 Å². The third-order valence-corrected chi connectivity index (χ3v) is 7.07. The number of hydrogen-bond donors (Lipinski definition) is 0. The summed E-state index contributed by atoms with van der Waals surface area (Å²) in [6.45, 7) is 0.497. The molecule has 2 aromatic rings. The van der Waals surface area contributed by atoms with Gasteiger partial charge in [-0.25, -0.2) is 0 Å². The lowest BCUT2D eigenvalue weighted by Crippen LogP contribution is -2.28. The molecular weight excluding hydrogens is 384 g/mol. The Balaban J connectivity index is 1.64. The van der Waals surface area contributed by atoms with Gasteiger partial charge < -0.3 is 9.64 Å². The molecule has 26 heavy (non-hydrogen) atoms. The lowest BCUT2D eigenvalue weighted by molar-refractivity contribution is -0.122. The summed E-state index contributed by atoms with van der Waals surface area (Å²) in [5, 5.41) is 0.918. The van der Waals surface area contributed by atoms with Gasteiger partial charge in [0.05, 0.1) is 24.4 Å². The molecule has 132 valence electrons. The van der Waals surface area contributed by atoms with E-state index in [0.29, 0.717) is 15.8 Å². The zero-order valence-corrected chi connectivity index (χ0v) is 16.7. The van der Waals surface area contributed by atoms with E-state index < -0.39 is 0 Å². The molecule has 0 N–H and O–H groups in total. The van der Waals surface area contributed by atoms with Gasteiger partial charge in [0.2, 0.25) is 0 Å². The Hall–Kier alpha value is -1.96. The van der Waals surface area contributed by atoms with Crippen LogP contribution in [-0.2, 0) is 11.3 Å². The van der Waals surface area contributed by atoms with E-state index in [1.807, 2.05) is 60.5 Å². The van der Waals surface area contributed by atoms with Crippen molar-refractivity contribution in [3.05, 3.63) is 64.0 Å². The summed E-state index contributed by atoms with van der Waals surface area (Å²) in [5.41, 5.74) is 2.10. The van der Waals surface area contributed by atoms with E-state index in [9.17, 15) is 4.79 Å². The average molecular weight is 401 g/mol. The van der Waals surface area contributed by atoms with Gasteiger partial charge in [-0.3, -0.25) is 9.69 Å². The zero-order valence-electron chi connectivity index (χ0n) is 14.3. The van der Waals surface area contributed by atoms with Gasteiger partial charge in [0.1, 0.15) is 15.0 Å². The van der Waals surface area contributed by atoms with Crippen molar-refractivity contribution >= 4 is 51.7 Å².